The molecular formula is C41H66O6. The molecule has 0 saturated carbocycles. The van der Waals surface area contributed by atoms with E-state index in [0.29, 0.717) is 12.8 Å². The molecule has 0 aromatic heterocycles. The first-order valence-corrected chi connectivity index (χ1v) is 18.4. The second kappa shape index (κ2) is 35.7. The Kier molecular flexibility index (Phi) is 33.3. The van der Waals surface area contributed by atoms with Crippen molar-refractivity contribution in [1.82, 2.24) is 0 Å². The summed E-state index contributed by atoms with van der Waals surface area (Å²) in [5.74, 6) is -1.14. The van der Waals surface area contributed by atoms with Gasteiger partial charge in [0.1, 0.15) is 13.2 Å². The highest BCUT2D eigenvalue weighted by Crippen LogP contribution is 2.11. The van der Waals surface area contributed by atoms with Crippen LogP contribution in [0.4, 0.5) is 0 Å². The first-order chi connectivity index (χ1) is 23.0. The molecule has 0 spiro atoms. The van der Waals surface area contributed by atoms with Gasteiger partial charge >= 0.3 is 17.9 Å². The molecule has 266 valence electrons. The maximum Gasteiger partial charge on any atom is 0.306 e. The molecule has 1 atom stereocenters. The quantitative estimate of drug-likeness (QED) is 0.0320. The van der Waals surface area contributed by atoms with Crippen molar-refractivity contribution in [2.24, 2.45) is 0 Å². The largest absolute Gasteiger partial charge is 0.462 e. The fraction of sp³-hybridized carbons (Fsp3) is 0.634. The number of hydrogen-bond donors (Lipinski definition) is 0. The fourth-order valence-corrected chi connectivity index (χ4v) is 4.61. The number of ether oxygens (including phenoxy) is 3. The Morgan fingerprint density at radius 1 is 0.468 bits per heavy atom. The zero-order valence-electron chi connectivity index (χ0n) is 30.0. The number of hydrogen-bond acceptors (Lipinski definition) is 6. The average Bonchev–Trinajstić information content (AvgIpc) is 3.05. The Labute approximate surface area is 287 Å². The Morgan fingerprint density at radius 3 is 1.32 bits per heavy atom. The van der Waals surface area contributed by atoms with Crippen LogP contribution in [0.1, 0.15) is 149 Å². The predicted octanol–water partition coefficient (Wildman–Crippen LogP) is 11.2. The lowest BCUT2D eigenvalue weighted by molar-refractivity contribution is -0.166. The van der Waals surface area contributed by atoms with Crippen LogP contribution in [0.3, 0.4) is 0 Å². The van der Waals surface area contributed by atoms with Crippen LogP contribution >= 0.6 is 0 Å². The van der Waals surface area contributed by atoms with Gasteiger partial charge in [-0.1, -0.05) is 125 Å². The van der Waals surface area contributed by atoms with Crippen LogP contribution in [0, 0.1) is 0 Å². The minimum atomic E-state index is -0.786. The van der Waals surface area contributed by atoms with Gasteiger partial charge in [-0.25, -0.2) is 0 Å². The summed E-state index contributed by atoms with van der Waals surface area (Å²) in [6.45, 7) is 5.37. The van der Waals surface area contributed by atoms with Crippen LogP contribution in [0.15, 0.2) is 72.9 Å². The van der Waals surface area contributed by atoms with Crippen molar-refractivity contribution in [3.8, 4) is 0 Å². The highest BCUT2D eigenvalue weighted by molar-refractivity contribution is 5.70. The SMILES string of the molecule is CC/C=C\C/C=C\C/C=C\CCCCCCCC(=O)OCC(COC(C)=O)OC(=O)CCCCCCC/C=C\C/C=C\C/C=C\CC. The summed E-state index contributed by atoms with van der Waals surface area (Å²) in [6.07, 6.45) is 44.9. The molecule has 47 heavy (non-hydrogen) atoms. The standard InChI is InChI=1S/C41H66O6/c1-4-6-8-10-12-14-16-18-20-22-24-26-28-30-32-34-40(43)46-37-39(36-45-38(3)42)47-41(44)35-33-31-29-27-25-23-21-19-17-15-13-11-9-7-5-2/h6-9,12-15,18-21,39H,4-5,10-11,16-17,22-37H2,1-3H3/b8-6-,9-7-,14-12-,15-13-,20-18-,21-19-. The van der Waals surface area contributed by atoms with Crippen molar-refractivity contribution in [3.63, 3.8) is 0 Å². The highest BCUT2D eigenvalue weighted by atomic mass is 16.6. The monoisotopic (exact) mass is 654 g/mol. The van der Waals surface area contributed by atoms with Crippen LogP contribution in [0.25, 0.3) is 0 Å². The van der Waals surface area contributed by atoms with Gasteiger partial charge in [0.25, 0.3) is 0 Å². The summed E-state index contributed by atoms with van der Waals surface area (Å²) in [7, 11) is 0. The molecule has 0 amide bonds. The topological polar surface area (TPSA) is 78.9 Å². The first kappa shape index (κ1) is 43.9. The molecule has 6 nitrogen and oxygen atoms in total. The Bertz CT molecular complexity index is 940. The summed E-state index contributed by atoms with van der Waals surface area (Å²) in [6, 6.07) is 0. The van der Waals surface area contributed by atoms with Crippen molar-refractivity contribution in [1.29, 1.82) is 0 Å². The summed E-state index contributed by atoms with van der Waals surface area (Å²) in [5, 5.41) is 0. The fourth-order valence-electron chi connectivity index (χ4n) is 4.61. The number of esters is 3. The van der Waals surface area contributed by atoms with Crippen molar-refractivity contribution in [3.05, 3.63) is 72.9 Å². The molecule has 0 rings (SSSR count). The first-order valence-electron chi connectivity index (χ1n) is 18.4. The van der Waals surface area contributed by atoms with Gasteiger partial charge in [0, 0.05) is 19.8 Å². The summed E-state index contributed by atoms with van der Waals surface area (Å²) in [4.78, 5) is 35.9. The number of allylic oxidation sites excluding steroid dienone is 12. The summed E-state index contributed by atoms with van der Waals surface area (Å²) < 4.78 is 15.9. The van der Waals surface area contributed by atoms with Crippen LogP contribution in [0.5, 0.6) is 0 Å². The van der Waals surface area contributed by atoms with Gasteiger partial charge in [-0.05, 0) is 77.0 Å². The number of carbonyl (C=O) groups is 3. The molecule has 0 aromatic rings. The maximum atomic E-state index is 12.4. The molecule has 0 aromatic carbocycles. The lowest BCUT2D eigenvalue weighted by Gasteiger charge is -2.17. The number of rotatable bonds is 31. The van der Waals surface area contributed by atoms with Crippen LogP contribution < -0.4 is 0 Å². The molecule has 0 fully saturated rings. The smallest absolute Gasteiger partial charge is 0.306 e. The van der Waals surface area contributed by atoms with E-state index in [4.69, 9.17) is 14.2 Å². The van der Waals surface area contributed by atoms with Gasteiger partial charge in [-0.15, -0.1) is 0 Å². The third-order valence-electron chi connectivity index (χ3n) is 7.26. The van der Waals surface area contributed by atoms with E-state index in [2.05, 4.69) is 86.8 Å². The molecule has 0 N–H and O–H groups in total. The van der Waals surface area contributed by atoms with E-state index in [9.17, 15) is 14.4 Å². The molecule has 0 radical (unpaired) electrons. The molecule has 0 heterocycles. The lowest BCUT2D eigenvalue weighted by atomic mass is 10.1. The van der Waals surface area contributed by atoms with E-state index in [-0.39, 0.29) is 25.2 Å². The second-order valence-electron chi connectivity index (χ2n) is 11.8. The average molecular weight is 655 g/mol. The van der Waals surface area contributed by atoms with Gasteiger partial charge in [0.2, 0.25) is 0 Å². The van der Waals surface area contributed by atoms with E-state index in [1.54, 1.807) is 0 Å². The molecule has 1 unspecified atom stereocenters. The van der Waals surface area contributed by atoms with Crippen LogP contribution in [0.2, 0.25) is 0 Å². The van der Waals surface area contributed by atoms with E-state index in [0.717, 1.165) is 116 Å². The molecule has 6 heteroatoms. The van der Waals surface area contributed by atoms with Crippen molar-refractivity contribution in [2.45, 2.75) is 155 Å². The van der Waals surface area contributed by atoms with Gasteiger partial charge in [-0.3, -0.25) is 14.4 Å². The molecule has 0 aliphatic carbocycles. The van der Waals surface area contributed by atoms with Crippen LogP contribution in [-0.2, 0) is 28.6 Å². The maximum absolute atomic E-state index is 12.4. The molecule has 0 aliphatic rings. The normalized spacial score (nSPS) is 12.8. The zero-order valence-corrected chi connectivity index (χ0v) is 30.0. The van der Waals surface area contributed by atoms with Gasteiger partial charge in [-0.2, -0.15) is 0 Å². The molecule has 0 saturated heterocycles. The highest BCUT2D eigenvalue weighted by Gasteiger charge is 2.18. The summed E-state index contributed by atoms with van der Waals surface area (Å²) >= 11 is 0. The van der Waals surface area contributed by atoms with E-state index >= 15 is 0 Å². The Balaban J connectivity index is 3.96. The van der Waals surface area contributed by atoms with Crippen molar-refractivity contribution in [2.75, 3.05) is 13.2 Å². The van der Waals surface area contributed by atoms with Gasteiger partial charge < -0.3 is 14.2 Å². The molecule has 0 bridgehead atoms. The zero-order chi connectivity index (χ0) is 34.5. The lowest BCUT2D eigenvalue weighted by Crippen LogP contribution is -2.30. The van der Waals surface area contributed by atoms with Crippen LogP contribution in [-0.4, -0.2) is 37.2 Å². The van der Waals surface area contributed by atoms with E-state index in [1.807, 2.05) is 0 Å². The van der Waals surface area contributed by atoms with Gasteiger partial charge in [0.05, 0.1) is 0 Å². The predicted molar refractivity (Wildman–Crippen MR) is 196 cm³/mol. The molecule has 0 aliphatic heterocycles. The minimum absolute atomic E-state index is 0.103. The van der Waals surface area contributed by atoms with Crippen molar-refractivity contribution < 1.29 is 28.6 Å². The van der Waals surface area contributed by atoms with E-state index in [1.165, 1.54) is 6.92 Å². The summed E-state index contributed by atoms with van der Waals surface area (Å²) in [5.41, 5.74) is 0. The van der Waals surface area contributed by atoms with Gasteiger partial charge in [0.15, 0.2) is 6.10 Å². The number of unbranched alkanes of at least 4 members (excludes halogenated alkanes) is 10. The third-order valence-corrected chi connectivity index (χ3v) is 7.26. The molecular weight excluding hydrogens is 588 g/mol. The Hall–Kier alpha value is -3.15. The number of carbonyl (C=O) groups excluding carboxylic acids is 3. The second-order valence-corrected chi connectivity index (χ2v) is 11.8. The van der Waals surface area contributed by atoms with E-state index < -0.39 is 12.1 Å². The third kappa shape index (κ3) is 35.5. The van der Waals surface area contributed by atoms with Crippen molar-refractivity contribution >= 4 is 17.9 Å². The minimum Gasteiger partial charge on any atom is -0.462 e. The Morgan fingerprint density at radius 2 is 0.851 bits per heavy atom.